The van der Waals surface area contributed by atoms with Crippen LogP contribution in [0, 0.1) is 5.82 Å². The van der Waals surface area contributed by atoms with Gasteiger partial charge in [0.15, 0.2) is 0 Å². The van der Waals surface area contributed by atoms with Gasteiger partial charge in [0, 0.05) is 12.6 Å². The van der Waals surface area contributed by atoms with Crippen molar-refractivity contribution >= 4 is 10.0 Å². The van der Waals surface area contributed by atoms with Crippen molar-refractivity contribution in [1.82, 2.24) is 9.62 Å². The zero-order valence-corrected chi connectivity index (χ0v) is 16.8. The molecule has 0 aromatic heterocycles. The highest BCUT2D eigenvalue weighted by Crippen LogP contribution is 2.23. The van der Waals surface area contributed by atoms with Crippen LogP contribution in [0.25, 0.3) is 0 Å². The van der Waals surface area contributed by atoms with Crippen molar-refractivity contribution in [2.24, 2.45) is 0 Å². The minimum atomic E-state index is -3.54. The summed E-state index contributed by atoms with van der Waals surface area (Å²) in [6.45, 7) is 5.96. The van der Waals surface area contributed by atoms with Crippen LogP contribution < -0.4 is 9.46 Å². The lowest BCUT2D eigenvalue weighted by atomic mass is 10.1. The molecule has 2 aromatic carbocycles. The molecule has 0 fully saturated rings. The van der Waals surface area contributed by atoms with Crippen molar-refractivity contribution < 1.29 is 17.5 Å². The first-order valence-corrected chi connectivity index (χ1v) is 10.6. The average molecular weight is 395 g/mol. The molecule has 1 unspecified atom stereocenters. The van der Waals surface area contributed by atoms with Gasteiger partial charge in [-0.25, -0.2) is 17.5 Å². The van der Waals surface area contributed by atoms with Crippen LogP contribution in [-0.4, -0.2) is 40.1 Å². The fourth-order valence-corrected chi connectivity index (χ4v) is 4.15. The number of sulfonamides is 1. The Labute approximate surface area is 161 Å². The average Bonchev–Trinajstić information content (AvgIpc) is 2.67. The molecule has 0 aliphatic carbocycles. The van der Waals surface area contributed by atoms with Gasteiger partial charge in [-0.1, -0.05) is 38.1 Å². The molecule has 0 saturated carbocycles. The molecule has 1 N–H and O–H groups in total. The van der Waals surface area contributed by atoms with Crippen molar-refractivity contribution in [3.8, 4) is 5.75 Å². The van der Waals surface area contributed by atoms with E-state index in [0.717, 1.165) is 24.4 Å². The summed E-state index contributed by atoms with van der Waals surface area (Å²) >= 11 is 0. The van der Waals surface area contributed by atoms with Crippen LogP contribution in [0.15, 0.2) is 48.5 Å². The van der Waals surface area contributed by atoms with Gasteiger partial charge in [0.05, 0.1) is 12.9 Å². The molecule has 0 aliphatic rings. The zero-order chi connectivity index (χ0) is 19.9. The number of likely N-dealkylation sites (N-methyl/N-ethyl adjacent to an activating group) is 1. The minimum Gasteiger partial charge on any atom is -0.497 e. The Morgan fingerprint density at radius 3 is 2.15 bits per heavy atom. The summed E-state index contributed by atoms with van der Waals surface area (Å²) < 4.78 is 45.9. The molecule has 0 bridgehead atoms. The molecule has 0 aliphatic heterocycles. The van der Waals surface area contributed by atoms with Crippen LogP contribution in [0.5, 0.6) is 5.75 Å². The molecule has 0 radical (unpaired) electrons. The molecule has 1 atom stereocenters. The Morgan fingerprint density at radius 2 is 1.63 bits per heavy atom. The molecular weight excluding hydrogens is 367 g/mol. The van der Waals surface area contributed by atoms with Crippen molar-refractivity contribution in [2.75, 3.05) is 26.7 Å². The van der Waals surface area contributed by atoms with Crippen molar-refractivity contribution in [2.45, 2.75) is 25.6 Å². The lowest BCUT2D eigenvalue weighted by Gasteiger charge is -2.30. The first kappa shape index (κ1) is 21.3. The third-order valence-electron chi connectivity index (χ3n) is 4.52. The first-order valence-electron chi connectivity index (χ1n) is 8.98. The van der Waals surface area contributed by atoms with Gasteiger partial charge >= 0.3 is 0 Å². The zero-order valence-electron chi connectivity index (χ0n) is 16.0. The number of nitrogens with zero attached hydrogens (tertiary/aromatic N) is 1. The SMILES string of the molecule is CCN(CC)C(CNS(=O)(=O)Cc1ccc(F)cc1)c1ccc(OC)cc1. The number of halogens is 1. The molecule has 2 aromatic rings. The van der Waals surface area contributed by atoms with Gasteiger partial charge in [0.2, 0.25) is 10.0 Å². The third kappa shape index (κ3) is 6.30. The number of rotatable bonds is 10. The molecular formula is C20H27FN2O3S. The quantitative estimate of drug-likeness (QED) is 0.672. The van der Waals surface area contributed by atoms with Gasteiger partial charge in [-0.2, -0.15) is 0 Å². The second kappa shape index (κ2) is 9.82. The highest BCUT2D eigenvalue weighted by atomic mass is 32.2. The normalized spacial score (nSPS) is 12.9. The molecule has 0 saturated heterocycles. The van der Waals surface area contributed by atoms with Crippen molar-refractivity contribution in [1.29, 1.82) is 0 Å². The van der Waals surface area contributed by atoms with Gasteiger partial charge in [-0.05, 0) is 48.5 Å². The van der Waals surface area contributed by atoms with E-state index in [1.54, 1.807) is 7.11 Å². The molecule has 5 nitrogen and oxygen atoms in total. The van der Waals surface area contributed by atoms with E-state index >= 15 is 0 Å². The Morgan fingerprint density at radius 1 is 1.04 bits per heavy atom. The highest BCUT2D eigenvalue weighted by Gasteiger charge is 2.21. The number of hydrogen-bond acceptors (Lipinski definition) is 4. The summed E-state index contributed by atoms with van der Waals surface area (Å²) in [5.74, 6) is 0.195. The summed E-state index contributed by atoms with van der Waals surface area (Å²) in [6.07, 6.45) is 0. The third-order valence-corrected chi connectivity index (χ3v) is 5.84. The van der Waals surface area contributed by atoms with Crippen LogP contribution >= 0.6 is 0 Å². The van der Waals surface area contributed by atoms with Gasteiger partial charge in [0.25, 0.3) is 0 Å². The maximum absolute atomic E-state index is 13.0. The van der Waals surface area contributed by atoms with E-state index in [0.29, 0.717) is 5.56 Å². The van der Waals surface area contributed by atoms with E-state index in [1.807, 2.05) is 38.1 Å². The minimum absolute atomic E-state index is 0.0890. The Hall–Kier alpha value is -1.96. The maximum Gasteiger partial charge on any atom is 0.215 e. The smallest absolute Gasteiger partial charge is 0.215 e. The molecule has 7 heteroatoms. The number of methoxy groups -OCH3 is 1. The Balaban J connectivity index is 2.12. The van der Waals surface area contributed by atoms with E-state index in [9.17, 15) is 12.8 Å². The lowest BCUT2D eigenvalue weighted by molar-refractivity contribution is 0.220. The molecule has 0 spiro atoms. The van der Waals surface area contributed by atoms with Gasteiger partial charge < -0.3 is 4.74 Å². The van der Waals surface area contributed by atoms with Crippen LogP contribution in [0.4, 0.5) is 4.39 Å². The number of hydrogen-bond donors (Lipinski definition) is 1. The van der Waals surface area contributed by atoms with E-state index < -0.39 is 10.0 Å². The highest BCUT2D eigenvalue weighted by molar-refractivity contribution is 7.88. The fourth-order valence-electron chi connectivity index (χ4n) is 3.01. The van der Waals surface area contributed by atoms with E-state index in [4.69, 9.17) is 4.74 Å². The second-order valence-electron chi connectivity index (χ2n) is 6.24. The van der Waals surface area contributed by atoms with Gasteiger partial charge in [-0.3, -0.25) is 4.90 Å². The summed E-state index contributed by atoms with van der Waals surface area (Å²) in [5.41, 5.74) is 1.57. The van der Waals surface area contributed by atoms with E-state index in [-0.39, 0.29) is 24.2 Å². The summed E-state index contributed by atoms with van der Waals surface area (Å²) in [4.78, 5) is 2.20. The monoisotopic (exact) mass is 394 g/mol. The van der Waals surface area contributed by atoms with Gasteiger partial charge in [-0.15, -0.1) is 0 Å². The van der Waals surface area contributed by atoms with Crippen LogP contribution in [0.2, 0.25) is 0 Å². The summed E-state index contributed by atoms with van der Waals surface area (Å²) in [5, 5.41) is 0. The van der Waals surface area contributed by atoms with Crippen LogP contribution in [-0.2, 0) is 15.8 Å². The predicted octanol–water partition coefficient (Wildman–Crippen LogP) is 3.34. The van der Waals surface area contributed by atoms with E-state index in [2.05, 4.69) is 9.62 Å². The van der Waals surface area contributed by atoms with Crippen molar-refractivity contribution in [3.63, 3.8) is 0 Å². The molecule has 0 amide bonds. The lowest BCUT2D eigenvalue weighted by Crippen LogP contribution is -2.38. The number of nitrogens with one attached hydrogen (secondary N) is 1. The molecule has 27 heavy (non-hydrogen) atoms. The Bertz CT molecular complexity index is 804. The topological polar surface area (TPSA) is 58.6 Å². The standard InChI is InChI=1S/C20H27FN2O3S/c1-4-23(5-2)20(17-8-12-19(26-3)13-9-17)14-22-27(24,25)15-16-6-10-18(21)11-7-16/h6-13,20,22H,4-5,14-15H2,1-3H3. The van der Waals surface area contributed by atoms with E-state index in [1.165, 1.54) is 24.3 Å². The van der Waals surface area contributed by atoms with Crippen LogP contribution in [0.1, 0.15) is 31.0 Å². The van der Waals surface area contributed by atoms with Crippen molar-refractivity contribution in [3.05, 3.63) is 65.5 Å². The molecule has 0 heterocycles. The number of benzene rings is 2. The largest absolute Gasteiger partial charge is 0.497 e. The Kier molecular flexibility index (Phi) is 7.77. The first-order chi connectivity index (χ1) is 12.9. The fraction of sp³-hybridized carbons (Fsp3) is 0.400. The summed E-state index contributed by atoms with van der Waals surface area (Å²) in [6, 6.07) is 13.1. The van der Waals surface area contributed by atoms with Crippen LogP contribution in [0.3, 0.4) is 0 Å². The molecule has 2 rings (SSSR count). The van der Waals surface area contributed by atoms with Gasteiger partial charge in [0.1, 0.15) is 11.6 Å². The summed E-state index contributed by atoms with van der Waals surface area (Å²) in [7, 11) is -1.93. The predicted molar refractivity (Wildman–Crippen MR) is 106 cm³/mol. The maximum atomic E-state index is 13.0. The second-order valence-corrected chi connectivity index (χ2v) is 8.05. The molecule has 148 valence electrons. The number of ether oxygens (including phenoxy) is 1.